The summed E-state index contributed by atoms with van der Waals surface area (Å²) in [5, 5.41) is 0. The molecule has 0 N–H and O–H groups in total. The molecule has 1 aliphatic heterocycles. The van der Waals surface area contributed by atoms with Crippen LogP contribution in [0.5, 0.6) is 0 Å². The van der Waals surface area contributed by atoms with Crippen LogP contribution in [0.4, 0.5) is 4.39 Å². The summed E-state index contributed by atoms with van der Waals surface area (Å²) in [5.41, 5.74) is 0. The van der Waals surface area contributed by atoms with Crippen LogP contribution in [0.1, 0.15) is 0 Å². The highest BCUT2D eigenvalue weighted by atomic mass is 19.1. The zero-order valence-corrected chi connectivity index (χ0v) is 4.76. The zero-order valence-electron chi connectivity index (χ0n) is 4.76. The molecule has 0 aromatic rings. The zero-order chi connectivity index (χ0) is 7.28. The number of esters is 2. The molecule has 4 heteroatoms. The summed E-state index contributed by atoms with van der Waals surface area (Å²) in [5.74, 6) is -1.16. The van der Waals surface area contributed by atoms with Gasteiger partial charge in [-0.25, -0.2) is 9.59 Å². The Morgan fingerprint density at radius 1 is 1.22 bits per heavy atom. The highest BCUT2D eigenvalue weighted by Gasteiger charge is 2.10. The van der Waals surface area contributed by atoms with Crippen molar-refractivity contribution in [2.75, 3.05) is 7.18 Å². The summed E-state index contributed by atoms with van der Waals surface area (Å²) in [6, 6.07) is 0. The Kier molecular flexibility index (Phi) is 3.27. The second-order valence-corrected chi connectivity index (χ2v) is 1.07. The Bertz CT molecular complexity index is 134. The Morgan fingerprint density at radius 3 is 1.67 bits per heavy atom. The molecule has 0 aromatic heterocycles. The molecule has 1 heterocycles. The van der Waals surface area contributed by atoms with Gasteiger partial charge in [0, 0.05) is 12.2 Å². The molecule has 0 unspecified atom stereocenters. The van der Waals surface area contributed by atoms with Gasteiger partial charge >= 0.3 is 11.9 Å². The van der Waals surface area contributed by atoms with Crippen LogP contribution in [0.25, 0.3) is 0 Å². The number of hydrogen-bond donors (Lipinski definition) is 0. The molecule has 50 valence electrons. The van der Waals surface area contributed by atoms with Gasteiger partial charge in [0.25, 0.3) is 0 Å². The van der Waals surface area contributed by atoms with Crippen molar-refractivity contribution in [1.82, 2.24) is 0 Å². The average Bonchev–Trinajstić information content (AvgIpc) is 2.20. The minimum absolute atomic E-state index is 0.500. The van der Waals surface area contributed by atoms with Crippen LogP contribution in [0, 0.1) is 0 Å². The van der Waals surface area contributed by atoms with Gasteiger partial charge in [-0.1, -0.05) is 0 Å². The number of cyclic esters (lactones) is 2. The molecule has 0 bridgehead atoms. The lowest BCUT2D eigenvalue weighted by Crippen LogP contribution is -1.96. The van der Waals surface area contributed by atoms with E-state index in [1.165, 1.54) is 0 Å². The second kappa shape index (κ2) is 3.77. The minimum Gasteiger partial charge on any atom is -0.387 e. The maximum atomic E-state index is 9.92. The molecule has 0 amide bonds. The molecular weight excluding hydrogens is 127 g/mol. The molecule has 0 spiro atoms. The van der Waals surface area contributed by atoms with Gasteiger partial charge in [0.05, 0.1) is 7.18 Å². The maximum absolute atomic E-state index is 9.92. The predicted molar refractivity (Wildman–Crippen MR) is 27.3 cm³/mol. The Balaban J connectivity index is 0.000000291. The van der Waals surface area contributed by atoms with E-state index < -0.39 is 11.9 Å². The summed E-state index contributed by atoms with van der Waals surface area (Å²) in [7, 11) is 0.500. The molecular formula is C5H5FO3. The molecule has 9 heavy (non-hydrogen) atoms. The van der Waals surface area contributed by atoms with Crippen LogP contribution in [-0.4, -0.2) is 19.1 Å². The summed E-state index contributed by atoms with van der Waals surface area (Å²) < 4.78 is 13.5. The number of carbonyl (C=O) groups excluding carboxylic acids is 2. The molecule has 0 atom stereocenters. The van der Waals surface area contributed by atoms with Gasteiger partial charge in [-0.15, -0.1) is 0 Å². The van der Waals surface area contributed by atoms with E-state index in [2.05, 4.69) is 4.74 Å². The second-order valence-electron chi connectivity index (χ2n) is 1.07. The topological polar surface area (TPSA) is 43.4 Å². The van der Waals surface area contributed by atoms with Crippen LogP contribution in [0.3, 0.4) is 0 Å². The van der Waals surface area contributed by atoms with Crippen LogP contribution in [0.2, 0.25) is 0 Å². The van der Waals surface area contributed by atoms with Crippen molar-refractivity contribution >= 4 is 11.9 Å². The van der Waals surface area contributed by atoms with Gasteiger partial charge < -0.3 is 4.74 Å². The third kappa shape index (κ3) is 2.58. The standard InChI is InChI=1S/C4H2O3.CH3F/c5-3-1-2-4(6)7-3;1-2/h1-2H;1H3. The van der Waals surface area contributed by atoms with Crippen molar-refractivity contribution < 1.29 is 18.7 Å². The molecule has 0 saturated heterocycles. The summed E-state index contributed by atoms with van der Waals surface area (Å²) in [4.78, 5) is 19.8. The van der Waals surface area contributed by atoms with Crippen molar-refractivity contribution in [3.05, 3.63) is 12.2 Å². The maximum Gasteiger partial charge on any atom is 0.338 e. The molecule has 0 fully saturated rings. The number of alkyl halides is 1. The Morgan fingerprint density at radius 2 is 1.56 bits per heavy atom. The van der Waals surface area contributed by atoms with E-state index in [0.29, 0.717) is 7.18 Å². The third-order valence-corrected chi connectivity index (χ3v) is 0.557. The quantitative estimate of drug-likeness (QED) is 0.349. The lowest BCUT2D eigenvalue weighted by atomic mass is 10.6. The van der Waals surface area contributed by atoms with Crippen molar-refractivity contribution in [1.29, 1.82) is 0 Å². The Hall–Kier alpha value is -1.19. The number of carbonyl (C=O) groups is 2. The normalized spacial score (nSPS) is 14.4. The van der Waals surface area contributed by atoms with Gasteiger partial charge in [-0.2, -0.15) is 0 Å². The van der Waals surface area contributed by atoms with E-state index in [1.54, 1.807) is 0 Å². The summed E-state index contributed by atoms with van der Waals surface area (Å²) in [6.45, 7) is 0. The van der Waals surface area contributed by atoms with Crippen molar-refractivity contribution in [3.63, 3.8) is 0 Å². The van der Waals surface area contributed by atoms with Gasteiger partial charge in [-0.05, 0) is 0 Å². The highest BCUT2D eigenvalue weighted by molar-refractivity contribution is 6.04. The van der Waals surface area contributed by atoms with Crippen LogP contribution < -0.4 is 0 Å². The van der Waals surface area contributed by atoms with Gasteiger partial charge in [-0.3, -0.25) is 4.39 Å². The monoisotopic (exact) mass is 132 g/mol. The molecule has 1 rings (SSSR count). The molecule has 0 aromatic carbocycles. The Labute approximate surface area is 51.1 Å². The predicted octanol–water partition coefficient (Wildman–Crippen LogP) is 0.212. The first-order chi connectivity index (χ1) is 4.29. The number of ether oxygens (including phenoxy) is 1. The van der Waals surface area contributed by atoms with E-state index in [1.807, 2.05) is 0 Å². The van der Waals surface area contributed by atoms with Gasteiger partial charge in [0.2, 0.25) is 0 Å². The molecule has 3 nitrogen and oxygen atoms in total. The van der Waals surface area contributed by atoms with E-state index >= 15 is 0 Å². The fourth-order valence-corrected chi connectivity index (χ4v) is 0.303. The lowest BCUT2D eigenvalue weighted by molar-refractivity contribution is -0.150. The minimum atomic E-state index is -0.579. The van der Waals surface area contributed by atoms with Crippen molar-refractivity contribution in [3.8, 4) is 0 Å². The SMILES string of the molecule is CF.O=C1C=CC(=O)O1. The van der Waals surface area contributed by atoms with E-state index in [-0.39, 0.29) is 0 Å². The first kappa shape index (κ1) is 7.81. The summed E-state index contributed by atoms with van der Waals surface area (Å²) in [6.07, 6.45) is 2.17. The van der Waals surface area contributed by atoms with E-state index in [0.717, 1.165) is 12.2 Å². The van der Waals surface area contributed by atoms with Gasteiger partial charge in [0.15, 0.2) is 0 Å². The number of rotatable bonds is 0. The molecule has 0 radical (unpaired) electrons. The van der Waals surface area contributed by atoms with Crippen LogP contribution in [-0.2, 0) is 14.3 Å². The van der Waals surface area contributed by atoms with E-state index in [4.69, 9.17) is 0 Å². The molecule has 0 saturated carbocycles. The highest BCUT2D eigenvalue weighted by Crippen LogP contribution is 1.92. The van der Waals surface area contributed by atoms with Crippen LogP contribution >= 0.6 is 0 Å². The number of hydrogen-bond acceptors (Lipinski definition) is 3. The largest absolute Gasteiger partial charge is 0.387 e. The lowest BCUT2D eigenvalue weighted by Gasteiger charge is -1.80. The first-order valence-corrected chi connectivity index (χ1v) is 2.11. The average molecular weight is 132 g/mol. The molecule has 0 aliphatic carbocycles. The fourth-order valence-electron chi connectivity index (χ4n) is 0.303. The summed E-state index contributed by atoms with van der Waals surface area (Å²) >= 11 is 0. The van der Waals surface area contributed by atoms with Crippen molar-refractivity contribution in [2.24, 2.45) is 0 Å². The van der Waals surface area contributed by atoms with Gasteiger partial charge in [0.1, 0.15) is 0 Å². The smallest absolute Gasteiger partial charge is 0.338 e. The van der Waals surface area contributed by atoms with Crippen molar-refractivity contribution in [2.45, 2.75) is 0 Å². The van der Waals surface area contributed by atoms with E-state index in [9.17, 15) is 14.0 Å². The number of halogens is 1. The fraction of sp³-hybridized carbons (Fsp3) is 0.200. The first-order valence-electron chi connectivity index (χ1n) is 2.11. The third-order valence-electron chi connectivity index (χ3n) is 0.557. The molecule has 1 aliphatic rings. The van der Waals surface area contributed by atoms with Crippen LogP contribution in [0.15, 0.2) is 12.2 Å².